The van der Waals surface area contributed by atoms with Crippen molar-refractivity contribution in [2.45, 2.75) is 20.3 Å². The molecule has 1 unspecified atom stereocenters. The Labute approximate surface area is 141 Å². The first-order valence-corrected chi connectivity index (χ1v) is 6.69. The molecule has 0 aliphatic rings. The third kappa shape index (κ3) is 687. The SMILES string of the molecule is CC[CH](C)[K].F[B-](F)(F)F.F[B-](F)(F)F.F[B-](F)(F)F. The minimum Gasteiger partial charge on any atom is -0.418 e. The van der Waals surface area contributed by atoms with Crippen LogP contribution in [0, 0.1) is 0 Å². The van der Waals surface area contributed by atoms with Gasteiger partial charge in [-0.3, -0.25) is 0 Å². The third-order valence-electron chi connectivity index (χ3n) is 0.816. The van der Waals surface area contributed by atoms with Crippen molar-refractivity contribution in [2.75, 3.05) is 0 Å². The maximum Gasteiger partial charge on any atom is 0.673 e. The van der Waals surface area contributed by atoms with Gasteiger partial charge in [0.25, 0.3) is 0 Å². The molecule has 0 N–H and O–H groups in total. The van der Waals surface area contributed by atoms with Crippen LogP contribution in [-0.4, -0.2) is 70.7 Å². The minimum absolute atomic E-state index is 1.07. The maximum atomic E-state index is 9.75. The summed E-state index contributed by atoms with van der Waals surface area (Å²) >= 11 is 1.07. The Kier molecular flexibility index (Phi) is 19.8. The molecule has 0 heterocycles. The van der Waals surface area contributed by atoms with Gasteiger partial charge in [0.2, 0.25) is 0 Å². The quantitative estimate of drug-likeness (QED) is 0.443. The largest absolute Gasteiger partial charge is 0.673 e. The molecule has 16 heteroatoms. The van der Waals surface area contributed by atoms with E-state index < -0.39 is 21.8 Å². The Bertz CT molecular complexity index is 150. The second kappa shape index (κ2) is 13.6. The van der Waals surface area contributed by atoms with E-state index >= 15 is 0 Å². The van der Waals surface area contributed by atoms with Crippen molar-refractivity contribution in [3.05, 3.63) is 0 Å². The van der Waals surface area contributed by atoms with Gasteiger partial charge in [-0.2, -0.15) is 0 Å². The predicted molar refractivity (Wildman–Crippen MR) is 56.0 cm³/mol. The Hall–Kier alpha value is 0.991. The summed E-state index contributed by atoms with van der Waals surface area (Å²) in [5.74, 6) is 0. The molecule has 0 aromatic carbocycles. The van der Waals surface area contributed by atoms with Crippen LogP contribution in [0.25, 0.3) is 0 Å². The summed E-state index contributed by atoms with van der Waals surface area (Å²) in [5.41, 5.74) is 0. The molecule has 0 amide bonds. The Morgan fingerprint density at radius 3 is 0.700 bits per heavy atom. The van der Waals surface area contributed by atoms with E-state index in [-0.39, 0.29) is 0 Å². The minimum atomic E-state index is -6.00. The zero-order valence-corrected chi connectivity index (χ0v) is 13.7. The second-order valence-corrected chi connectivity index (χ2v) is 6.36. The van der Waals surface area contributed by atoms with Gasteiger partial charge in [0.1, 0.15) is 0 Å². The predicted octanol–water partition coefficient (Wildman–Crippen LogP) is 5.27. The van der Waals surface area contributed by atoms with Gasteiger partial charge in [0, 0.05) is 0 Å². The first kappa shape index (κ1) is 29.1. The maximum absolute atomic E-state index is 9.75. The zero-order valence-electron chi connectivity index (χ0n) is 10.6. The van der Waals surface area contributed by atoms with Gasteiger partial charge >= 0.3 is 91.0 Å². The van der Waals surface area contributed by atoms with Gasteiger partial charge in [0.05, 0.1) is 0 Å². The van der Waals surface area contributed by atoms with Gasteiger partial charge in [-0.25, -0.2) is 0 Å². The van der Waals surface area contributed by atoms with E-state index in [0.29, 0.717) is 0 Å². The smallest absolute Gasteiger partial charge is 0.418 e. The molecule has 0 aromatic heterocycles. The van der Waals surface area contributed by atoms with Crippen LogP contribution in [0.5, 0.6) is 0 Å². The van der Waals surface area contributed by atoms with E-state index in [1.165, 1.54) is 6.42 Å². The average Bonchev–Trinajstić information content (AvgIpc) is 1.93. The summed E-state index contributed by atoms with van der Waals surface area (Å²) < 4.78 is 118. The van der Waals surface area contributed by atoms with Crippen molar-refractivity contribution in [3.8, 4) is 0 Å². The number of rotatable bonds is 1. The summed E-state index contributed by atoms with van der Waals surface area (Å²) in [4.78, 5) is 0. The van der Waals surface area contributed by atoms with Gasteiger partial charge in [0.15, 0.2) is 0 Å². The van der Waals surface area contributed by atoms with Crippen molar-refractivity contribution in [2.24, 2.45) is 0 Å². The molecule has 0 spiro atoms. The topological polar surface area (TPSA) is 0 Å². The van der Waals surface area contributed by atoms with Gasteiger partial charge in [-0.05, 0) is 0 Å². The normalized spacial score (nSPS) is 12.8. The third-order valence-corrected chi connectivity index (χ3v) is 2.09. The average molecular weight is 357 g/mol. The summed E-state index contributed by atoms with van der Waals surface area (Å²) in [7, 11) is -18.0. The number of halogens is 12. The van der Waals surface area contributed by atoms with Crippen LogP contribution in [0.15, 0.2) is 0 Å². The summed E-state index contributed by atoms with van der Waals surface area (Å²) in [6.45, 7) is 4.55. The second-order valence-electron chi connectivity index (χ2n) is 3.29. The van der Waals surface area contributed by atoms with Crippen molar-refractivity contribution in [1.29, 1.82) is 0 Å². The molecule has 0 fully saturated rings. The van der Waals surface area contributed by atoms with Crippen molar-refractivity contribution >= 4 is 70.7 Å². The van der Waals surface area contributed by atoms with E-state index in [9.17, 15) is 51.8 Å². The van der Waals surface area contributed by atoms with Crippen LogP contribution in [0.1, 0.15) is 20.3 Å². The Morgan fingerprint density at radius 2 is 0.700 bits per heavy atom. The standard InChI is InChI=1S/C4H9.3BF4.K/c1-3-4-2;3*2-1(3,4)5;/h3H,4H2,1-2H3;;;;/q;3*-1;. The Balaban J connectivity index is -0.0000000853. The number of hydrogen-bond donors (Lipinski definition) is 0. The molecular weight excluding hydrogens is 348 g/mol. The molecule has 122 valence electrons. The monoisotopic (exact) mass is 357 g/mol. The van der Waals surface area contributed by atoms with E-state index in [4.69, 9.17) is 0 Å². The molecular formula is C4H9B3F12K-3. The Morgan fingerprint density at radius 1 is 0.650 bits per heavy atom. The van der Waals surface area contributed by atoms with Crippen molar-refractivity contribution < 1.29 is 51.8 Å². The molecule has 20 heavy (non-hydrogen) atoms. The van der Waals surface area contributed by atoms with Gasteiger partial charge in [-0.15, -0.1) is 0 Å². The molecule has 0 rings (SSSR count). The summed E-state index contributed by atoms with van der Waals surface area (Å²) in [6.07, 6.45) is 1.39. The molecule has 0 radical (unpaired) electrons. The van der Waals surface area contributed by atoms with Crippen LogP contribution >= 0.6 is 0 Å². The van der Waals surface area contributed by atoms with E-state index in [0.717, 1.165) is 49.0 Å². The first-order chi connectivity index (χ1) is 8.27. The van der Waals surface area contributed by atoms with Crippen LogP contribution in [0.3, 0.4) is 0 Å². The zero-order chi connectivity index (χ0) is 17.8. The van der Waals surface area contributed by atoms with Crippen molar-refractivity contribution in [1.82, 2.24) is 0 Å². The van der Waals surface area contributed by atoms with Crippen LogP contribution < -0.4 is 0 Å². The molecule has 0 aliphatic heterocycles. The number of hydrogen-bond acceptors (Lipinski definition) is 0. The molecule has 0 nitrogen and oxygen atoms in total. The van der Waals surface area contributed by atoms with Crippen molar-refractivity contribution in [3.63, 3.8) is 0 Å². The van der Waals surface area contributed by atoms with Crippen LogP contribution in [0.4, 0.5) is 51.8 Å². The fourth-order valence-corrected chi connectivity index (χ4v) is 0. The van der Waals surface area contributed by atoms with Gasteiger partial charge < -0.3 is 51.8 Å². The molecule has 0 saturated carbocycles. The molecule has 0 aromatic rings. The van der Waals surface area contributed by atoms with E-state index in [2.05, 4.69) is 13.8 Å². The molecule has 0 aliphatic carbocycles. The van der Waals surface area contributed by atoms with Gasteiger partial charge in [-0.1, -0.05) is 0 Å². The van der Waals surface area contributed by atoms with E-state index in [1.807, 2.05) is 0 Å². The molecule has 0 bridgehead atoms. The summed E-state index contributed by atoms with van der Waals surface area (Å²) in [5, 5.41) is 0. The fourth-order valence-electron chi connectivity index (χ4n) is 0. The molecule has 0 saturated heterocycles. The summed E-state index contributed by atoms with van der Waals surface area (Å²) in [6, 6.07) is 0. The molecule has 1 atom stereocenters. The van der Waals surface area contributed by atoms with Crippen LogP contribution in [-0.2, 0) is 0 Å². The van der Waals surface area contributed by atoms with E-state index in [1.54, 1.807) is 0 Å². The van der Waals surface area contributed by atoms with Crippen LogP contribution in [0.2, 0.25) is 0.0125 Å². The first-order valence-electron chi connectivity index (χ1n) is 4.89. The fraction of sp³-hybridized carbons (Fsp3) is 1.00.